The number of carboxylic acid groups (broad SMARTS) is 1. The summed E-state index contributed by atoms with van der Waals surface area (Å²) in [6.45, 7) is 1.75. The molecule has 4 heteroatoms. The van der Waals surface area contributed by atoms with E-state index in [0.29, 0.717) is 18.4 Å². The zero-order valence-corrected chi connectivity index (χ0v) is 10.8. The molecule has 0 fully saturated rings. The summed E-state index contributed by atoms with van der Waals surface area (Å²) in [7, 11) is 0. The molecule has 1 atom stereocenters. The normalized spacial score (nSPS) is 11.0. The largest absolute Gasteiger partial charge is 0.479 e. The molecule has 1 aromatic carbocycles. The van der Waals surface area contributed by atoms with E-state index in [9.17, 15) is 9.59 Å². The summed E-state index contributed by atoms with van der Waals surface area (Å²) in [4.78, 5) is 22.8. The number of carboxylic acids is 1. The van der Waals surface area contributed by atoms with E-state index >= 15 is 0 Å². The summed E-state index contributed by atoms with van der Waals surface area (Å²) in [6, 6.07) is 7.66. The van der Waals surface area contributed by atoms with Gasteiger partial charge in [-0.25, -0.2) is 4.79 Å². The molecule has 0 heterocycles. The Morgan fingerprint density at radius 3 is 2.58 bits per heavy atom. The Balaban J connectivity index is 2.57. The van der Waals surface area contributed by atoms with E-state index in [4.69, 9.17) is 5.11 Å². The van der Waals surface area contributed by atoms with Crippen LogP contribution in [-0.4, -0.2) is 17.0 Å². The van der Waals surface area contributed by atoms with E-state index in [1.807, 2.05) is 0 Å². The third-order valence-corrected chi connectivity index (χ3v) is 2.57. The molecule has 0 aliphatic rings. The van der Waals surface area contributed by atoms with Gasteiger partial charge < -0.3 is 10.4 Å². The van der Waals surface area contributed by atoms with Gasteiger partial charge in [0.05, 0.1) is 0 Å². The van der Waals surface area contributed by atoms with Crippen molar-refractivity contribution in [2.45, 2.75) is 32.2 Å². The zero-order chi connectivity index (χ0) is 14.1. The molecule has 4 nitrogen and oxygen atoms in total. The molecular formula is C15H17NO3. The Morgan fingerprint density at radius 2 is 2.00 bits per heavy atom. The quantitative estimate of drug-likeness (QED) is 0.607. The van der Waals surface area contributed by atoms with E-state index in [-0.39, 0.29) is 12.3 Å². The van der Waals surface area contributed by atoms with Crippen molar-refractivity contribution in [1.29, 1.82) is 0 Å². The number of hydrogen-bond acceptors (Lipinski definition) is 2. The molecule has 100 valence electrons. The summed E-state index contributed by atoms with van der Waals surface area (Å²) < 4.78 is 0. The number of carbonyl (C=O) groups is 2. The Morgan fingerprint density at radius 1 is 1.32 bits per heavy atom. The third kappa shape index (κ3) is 5.26. The Bertz CT molecular complexity index is 485. The van der Waals surface area contributed by atoms with Gasteiger partial charge in [-0.05, 0) is 18.9 Å². The van der Waals surface area contributed by atoms with E-state index in [1.165, 1.54) is 0 Å². The van der Waals surface area contributed by atoms with Crippen LogP contribution in [0.15, 0.2) is 30.3 Å². The average Bonchev–Trinajstić information content (AvgIpc) is 2.41. The molecule has 0 radical (unpaired) electrons. The zero-order valence-electron chi connectivity index (χ0n) is 10.8. The molecule has 0 spiro atoms. The average molecular weight is 259 g/mol. The molecule has 19 heavy (non-hydrogen) atoms. The van der Waals surface area contributed by atoms with Gasteiger partial charge in [-0.3, -0.25) is 4.79 Å². The highest BCUT2D eigenvalue weighted by atomic mass is 16.4. The molecule has 2 N–H and O–H groups in total. The van der Waals surface area contributed by atoms with Crippen LogP contribution in [-0.2, 0) is 9.59 Å². The maximum absolute atomic E-state index is 11.7. The van der Waals surface area contributed by atoms with Gasteiger partial charge in [-0.1, -0.05) is 30.3 Å². The highest BCUT2D eigenvalue weighted by Crippen LogP contribution is 2.13. The lowest BCUT2D eigenvalue weighted by Crippen LogP contribution is -2.33. The van der Waals surface area contributed by atoms with Crippen molar-refractivity contribution in [3.63, 3.8) is 0 Å². The van der Waals surface area contributed by atoms with Gasteiger partial charge >= 0.3 is 5.97 Å². The molecule has 0 aliphatic heterocycles. The summed E-state index contributed by atoms with van der Waals surface area (Å²) in [5.41, 5.74) is 0.566. The number of amides is 1. The predicted octanol–water partition coefficient (Wildman–Crippen LogP) is 2.12. The number of rotatable bonds is 6. The second-order valence-corrected chi connectivity index (χ2v) is 4.03. The lowest BCUT2D eigenvalue weighted by molar-refractivity contribution is -0.142. The standard InChI is InChI=1S/C15H17NO3/c1-2-3-4-8-11-13(17)16-14(15(18)19)12-9-6-5-7-10-12/h5-7,9-10,14H,4,8,11H2,1H3,(H,16,17)(H,18,19). The smallest absolute Gasteiger partial charge is 0.330 e. The van der Waals surface area contributed by atoms with Crippen molar-refractivity contribution in [2.75, 3.05) is 0 Å². The van der Waals surface area contributed by atoms with Crippen molar-refractivity contribution in [2.24, 2.45) is 0 Å². The van der Waals surface area contributed by atoms with Gasteiger partial charge in [0, 0.05) is 12.8 Å². The molecule has 1 aromatic rings. The molecule has 0 bridgehead atoms. The van der Waals surface area contributed by atoms with Crippen LogP contribution in [0, 0.1) is 11.8 Å². The van der Waals surface area contributed by atoms with Gasteiger partial charge in [0.25, 0.3) is 0 Å². The van der Waals surface area contributed by atoms with Crippen LogP contribution in [0.1, 0.15) is 37.8 Å². The van der Waals surface area contributed by atoms with Gasteiger partial charge in [0.1, 0.15) is 0 Å². The van der Waals surface area contributed by atoms with E-state index in [1.54, 1.807) is 37.3 Å². The molecular weight excluding hydrogens is 242 g/mol. The van der Waals surface area contributed by atoms with Crippen LogP contribution >= 0.6 is 0 Å². The summed E-state index contributed by atoms with van der Waals surface area (Å²) in [5, 5.41) is 11.7. The Hall–Kier alpha value is -2.28. The SMILES string of the molecule is CC#CCCCC(=O)NC(C(=O)O)c1ccccc1. The fraction of sp³-hybridized carbons (Fsp3) is 0.333. The number of unbranched alkanes of at least 4 members (excludes halogenated alkanes) is 1. The first-order chi connectivity index (χ1) is 9.15. The summed E-state index contributed by atoms with van der Waals surface area (Å²) in [5.74, 6) is 4.28. The molecule has 0 saturated carbocycles. The van der Waals surface area contributed by atoms with E-state index < -0.39 is 12.0 Å². The highest BCUT2D eigenvalue weighted by Gasteiger charge is 2.21. The fourth-order valence-electron chi connectivity index (χ4n) is 1.63. The van der Waals surface area contributed by atoms with E-state index in [2.05, 4.69) is 17.2 Å². The Kier molecular flexibility index (Phi) is 6.17. The Labute approximate surface area is 112 Å². The van der Waals surface area contributed by atoms with Crippen molar-refractivity contribution in [3.8, 4) is 11.8 Å². The highest BCUT2D eigenvalue weighted by molar-refractivity contribution is 5.84. The van der Waals surface area contributed by atoms with E-state index in [0.717, 1.165) is 0 Å². The number of nitrogens with one attached hydrogen (secondary N) is 1. The minimum atomic E-state index is -1.06. The minimum absolute atomic E-state index is 0.269. The molecule has 1 rings (SSSR count). The lowest BCUT2D eigenvalue weighted by Gasteiger charge is -2.14. The van der Waals surface area contributed by atoms with Crippen LogP contribution < -0.4 is 5.32 Å². The van der Waals surface area contributed by atoms with Crippen LogP contribution in [0.3, 0.4) is 0 Å². The summed E-state index contributed by atoms with van der Waals surface area (Å²) in [6.07, 6.45) is 1.56. The molecule has 0 saturated heterocycles. The maximum Gasteiger partial charge on any atom is 0.330 e. The van der Waals surface area contributed by atoms with Crippen LogP contribution in [0.25, 0.3) is 0 Å². The van der Waals surface area contributed by atoms with Crippen molar-refractivity contribution in [1.82, 2.24) is 5.32 Å². The monoisotopic (exact) mass is 259 g/mol. The van der Waals surface area contributed by atoms with Gasteiger partial charge in [-0.15, -0.1) is 11.8 Å². The first-order valence-electron chi connectivity index (χ1n) is 6.12. The number of carbonyl (C=O) groups excluding carboxylic acids is 1. The van der Waals surface area contributed by atoms with Crippen molar-refractivity contribution >= 4 is 11.9 Å². The number of hydrogen-bond donors (Lipinski definition) is 2. The van der Waals surface area contributed by atoms with Crippen LogP contribution in [0.2, 0.25) is 0 Å². The molecule has 0 aliphatic carbocycles. The van der Waals surface area contributed by atoms with Crippen LogP contribution in [0.4, 0.5) is 0 Å². The van der Waals surface area contributed by atoms with Crippen molar-refractivity contribution < 1.29 is 14.7 Å². The molecule has 1 amide bonds. The minimum Gasteiger partial charge on any atom is -0.479 e. The van der Waals surface area contributed by atoms with Gasteiger partial charge in [-0.2, -0.15) is 0 Å². The number of aliphatic carboxylic acids is 1. The predicted molar refractivity (Wildman–Crippen MR) is 72.3 cm³/mol. The first kappa shape index (κ1) is 14.8. The van der Waals surface area contributed by atoms with Gasteiger partial charge in [0.2, 0.25) is 5.91 Å². The fourth-order valence-corrected chi connectivity index (χ4v) is 1.63. The first-order valence-corrected chi connectivity index (χ1v) is 6.12. The topological polar surface area (TPSA) is 66.4 Å². The second-order valence-electron chi connectivity index (χ2n) is 4.03. The maximum atomic E-state index is 11.7. The second kappa shape index (κ2) is 7.93. The third-order valence-electron chi connectivity index (χ3n) is 2.57. The summed E-state index contributed by atoms with van der Waals surface area (Å²) >= 11 is 0. The van der Waals surface area contributed by atoms with Gasteiger partial charge in [0.15, 0.2) is 6.04 Å². The molecule has 1 unspecified atom stereocenters. The van der Waals surface area contributed by atoms with Crippen molar-refractivity contribution in [3.05, 3.63) is 35.9 Å². The number of benzene rings is 1. The molecule has 0 aromatic heterocycles. The van der Waals surface area contributed by atoms with Crippen LogP contribution in [0.5, 0.6) is 0 Å². The lowest BCUT2D eigenvalue weighted by atomic mass is 10.1.